The molecule has 1 fully saturated rings. The van der Waals surface area contributed by atoms with Gasteiger partial charge in [-0.3, -0.25) is 9.36 Å². The number of aryl methyl sites for hydroxylation is 1. The highest BCUT2D eigenvalue weighted by Gasteiger charge is 2.24. The zero-order valence-electron chi connectivity index (χ0n) is 16.8. The van der Waals surface area contributed by atoms with Crippen molar-refractivity contribution < 1.29 is 23.9 Å². The summed E-state index contributed by atoms with van der Waals surface area (Å²) >= 11 is 1.49. The predicted molar refractivity (Wildman–Crippen MR) is 113 cm³/mol. The summed E-state index contributed by atoms with van der Waals surface area (Å²) < 4.78 is 16.9. The third-order valence-corrected chi connectivity index (χ3v) is 7.30. The van der Waals surface area contributed by atoms with Gasteiger partial charge in [-0.25, -0.2) is 0 Å². The summed E-state index contributed by atoms with van der Waals surface area (Å²) in [6.07, 6.45) is 9.16. The highest BCUT2D eigenvalue weighted by Crippen LogP contribution is 2.37. The second-order valence-electron chi connectivity index (χ2n) is 8.22. The molecule has 160 valence electrons. The van der Waals surface area contributed by atoms with Crippen LogP contribution in [0.25, 0.3) is 0 Å². The average Bonchev–Trinajstić information content (AvgIpc) is 3.12. The van der Waals surface area contributed by atoms with Crippen LogP contribution in [0.2, 0.25) is 0 Å². The number of rotatable bonds is 12. The van der Waals surface area contributed by atoms with E-state index in [4.69, 9.17) is 20.3 Å². The maximum absolute atomic E-state index is 12.4. The molecule has 0 saturated heterocycles. The Bertz CT molecular complexity index is 663. The minimum atomic E-state index is -4.02. The molecule has 4 N–H and O–H groups in total. The van der Waals surface area contributed by atoms with E-state index in [1.807, 2.05) is 19.1 Å². The first kappa shape index (κ1) is 23.7. The fraction of sp³-hybridized carbons (Fsp3) is 0.750. The quantitative estimate of drug-likeness (QED) is 0.259. The number of Topliss-reactive ketones (excluding diaryl/α,β-unsaturated/α-hetero) is 1. The lowest BCUT2D eigenvalue weighted by Crippen LogP contribution is -2.37. The van der Waals surface area contributed by atoms with E-state index >= 15 is 0 Å². The standard InChI is InChI=1S/C20H34NO5PS/c1-20(21,13-15-27(23,24)25)12-11-17-9-10-19(28-17)18(22)8-5-14-26-16-6-3-2-4-7-16/h9-10,16H,2-8,11-15,21H2,1H3,(H2,23,24,25). The van der Waals surface area contributed by atoms with Crippen molar-refractivity contribution in [2.75, 3.05) is 12.8 Å². The molecule has 6 nitrogen and oxygen atoms in total. The lowest BCUT2D eigenvalue weighted by Gasteiger charge is -2.24. The van der Waals surface area contributed by atoms with Crippen LogP contribution in [0.4, 0.5) is 0 Å². The van der Waals surface area contributed by atoms with E-state index < -0.39 is 13.1 Å². The fourth-order valence-electron chi connectivity index (χ4n) is 3.43. The fourth-order valence-corrected chi connectivity index (χ4v) is 5.21. The van der Waals surface area contributed by atoms with Gasteiger partial charge in [0.05, 0.1) is 17.1 Å². The van der Waals surface area contributed by atoms with Crippen LogP contribution in [0.5, 0.6) is 0 Å². The van der Waals surface area contributed by atoms with Gasteiger partial charge in [0.25, 0.3) is 0 Å². The van der Waals surface area contributed by atoms with E-state index in [1.165, 1.54) is 30.6 Å². The van der Waals surface area contributed by atoms with Crippen molar-refractivity contribution in [2.24, 2.45) is 5.73 Å². The topological polar surface area (TPSA) is 110 Å². The predicted octanol–water partition coefficient (Wildman–Crippen LogP) is 4.28. The summed E-state index contributed by atoms with van der Waals surface area (Å²) in [6, 6.07) is 3.82. The van der Waals surface area contributed by atoms with Gasteiger partial charge in [0.15, 0.2) is 5.78 Å². The van der Waals surface area contributed by atoms with Crippen molar-refractivity contribution in [3.05, 3.63) is 21.9 Å². The Morgan fingerprint density at radius 2 is 2.00 bits per heavy atom. The average molecular weight is 432 g/mol. The Labute approximate surface area is 172 Å². The second-order valence-corrected chi connectivity index (χ2v) is 11.2. The molecule has 28 heavy (non-hydrogen) atoms. The molecule has 1 aromatic heterocycles. The summed E-state index contributed by atoms with van der Waals surface area (Å²) in [5.41, 5.74) is 5.53. The summed E-state index contributed by atoms with van der Waals surface area (Å²) in [5, 5.41) is 0. The Hall–Kier alpha value is -0.560. The molecule has 0 radical (unpaired) electrons. The molecule has 1 aromatic rings. The van der Waals surface area contributed by atoms with Gasteiger partial charge in [-0.05, 0) is 57.6 Å². The number of thiophene rings is 1. The lowest BCUT2D eigenvalue weighted by atomic mass is 9.94. The largest absolute Gasteiger partial charge is 0.378 e. The Kier molecular flexibility index (Phi) is 9.32. The van der Waals surface area contributed by atoms with Crippen LogP contribution < -0.4 is 5.73 Å². The first-order valence-electron chi connectivity index (χ1n) is 10.2. The Morgan fingerprint density at radius 1 is 1.29 bits per heavy atom. The minimum Gasteiger partial charge on any atom is -0.378 e. The number of nitrogens with two attached hydrogens (primary N) is 1. The molecule has 1 saturated carbocycles. The smallest absolute Gasteiger partial charge is 0.325 e. The molecule has 1 aliphatic rings. The molecule has 0 aromatic carbocycles. The van der Waals surface area contributed by atoms with Crippen molar-refractivity contribution in [2.45, 2.75) is 82.8 Å². The molecule has 1 aliphatic carbocycles. The number of carbonyl (C=O) groups excluding carboxylic acids is 1. The second kappa shape index (κ2) is 11.0. The van der Waals surface area contributed by atoms with Crippen LogP contribution in [0.3, 0.4) is 0 Å². The van der Waals surface area contributed by atoms with Crippen LogP contribution in [0.15, 0.2) is 12.1 Å². The molecule has 0 aliphatic heterocycles. The summed E-state index contributed by atoms with van der Waals surface area (Å²) in [7, 11) is -4.02. The molecular weight excluding hydrogens is 397 g/mol. The van der Waals surface area contributed by atoms with Gasteiger partial charge in [-0.15, -0.1) is 11.3 Å². The van der Waals surface area contributed by atoms with Crippen molar-refractivity contribution in [3.8, 4) is 0 Å². The van der Waals surface area contributed by atoms with Crippen LogP contribution in [-0.2, 0) is 15.7 Å². The number of hydrogen-bond donors (Lipinski definition) is 3. The first-order valence-corrected chi connectivity index (χ1v) is 12.8. The van der Waals surface area contributed by atoms with E-state index in [9.17, 15) is 9.36 Å². The highest BCUT2D eigenvalue weighted by molar-refractivity contribution is 7.51. The molecule has 0 spiro atoms. The monoisotopic (exact) mass is 431 g/mol. The molecule has 1 heterocycles. The van der Waals surface area contributed by atoms with Crippen molar-refractivity contribution in [1.82, 2.24) is 0 Å². The van der Waals surface area contributed by atoms with Crippen LogP contribution in [-0.4, -0.2) is 40.0 Å². The number of carbonyl (C=O) groups is 1. The molecule has 0 bridgehead atoms. The van der Waals surface area contributed by atoms with Gasteiger partial charge < -0.3 is 20.3 Å². The minimum absolute atomic E-state index is 0.153. The maximum Gasteiger partial charge on any atom is 0.325 e. The molecule has 2 rings (SSSR count). The summed E-state index contributed by atoms with van der Waals surface area (Å²) in [6.45, 7) is 2.47. The number of ketones is 1. The zero-order valence-corrected chi connectivity index (χ0v) is 18.5. The normalized spacial score (nSPS) is 18.1. The third-order valence-electron chi connectivity index (χ3n) is 5.31. The van der Waals surface area contributed by atoms with Crippen molar-refractivity contribution in [3.63, 3.8) is 0 Å². The van der Waals surface area contributed by atoms with Gasteiger partial charge in [-0.1, -0.05) is 19.3 Å². The maximum atomic E-state index is 12.4. The number of ether oxygens (including phenoxy) is 1. The van der Waals surface area contributed by atoms with E-state index in [0.717, 1.165) is 29.0 Å². The molecule has 8 heteroatoms. The Balaban J connectivity index is 1.68. The lowest BCUT2D eigenvalue weighted by molar-refractivity contribution is 0.0264. The Morgan fingerprint density at radius 3 is 2.68 bits per heavy atom. The summed E-state index contributed by atoms with van der Waals surface area (Å²) in [4.78, 5) is 32.2. The SMILES string of the molecule is CC(N)(CCc1ccc(C(=O)CCCOC2CCCCC2)s1)CCP(=O)(O)O. The molecular formula is C20H34NO5PS. The highest BCUT2D eigenvalue weighted by atomic mass is 32.1. The molecule has 1 atom stereocenters. The first-order chi connectivity index (χ1) is 13.1. The van der Waals surface area contributed by atoms with Crippen LogP contribution in [0.1, 0.15) is 79.3 Å². The van der Waals surface area contributed by atoms with E-state index in [1.54, 1.807) is 0 Å². The third kappa shape index (κ3) is 9.29. The van der Waals surface area contributed by atoms with E-state index in [2.05, 4.69) is 0 Å². The molecule has 1 unspecified atom stereocenters. The van der Waals surface area contributed by atoms with Gasteiger partial charge in [-0.2, -0.15) is 0 Å². The van der Waals surface area contributed by atoms with Gasteiger partial charge in [0.1, 0.15) is 0 Å². The van der Waals surface area contributed by atoms with Gasteiger partial charge in [0.2, 0.25) is 0 Å². The van der Waals surface area contributed by atoms with Gasteiger partial charge in [0, 0.05) is 23.4 Å². The number of hydrogen-bond acceptors (Lipinski definition) is 5. The van der Waals surface area contributed by atoms with Crippen LogP contribution >= 0.6 is 18.9 Å². The zero-order chi connectivity index (χ0) is 20.6. The summed E-state index contributed by atoms with van der Waals surface area (Å²) in [5.74, 6) is 0.153. The molecule has 0 amide bonds. The van der Waals surface area contributed by atoms with Crippen molar-refractivity contribution >= 4 is 24.7 Å². The van der Waals surface area contributed by atoms with Crippen molar-refractivity contribution in [1.29, 1.82) is 0 Å². The van der Waals surface area contributed by atoms with Crippen LogP contribution in [0, 0.1) is 0 Å². The van der Waals surface area contributed by atoms with E-state index in [0.29, 0.717) is 32.0 Å². The van der Waals surface area contributed by atoms with Gasteiger partial charge >= 0.3 is 7.60 Å². The van der Waals surface area contributed by atoms with E-state index in [-0.39, 0.29) is 18.4 Å².